The van der Waals surface area contributed by atoms with E-state index < -0.39 is 15.7 Å². The summed E-state index contributed by atoms with van der Waals surface area (Å²) in [6, 6.07) is 4.17. The van der Waals surface area contributed by atoms with Crippen molar-refractivity contribution < 1.29 is 17.5 Å². The SMILES string of the molecule is CCc1nc(CS(=O)(=O)Cc2ccc(OC)c(F)c2)cs1. The number of rotatable bonds is 6. The van der Waals surface area contributed by atoms with Crippen LogP contribution in [0.15, 0.2) is 23.6 Å². The zero-order valence-corrected chi connectivity index (χ0v) is 13.4. The number of hydrogen-bond donors (Lipinski definition) is 0. The quantitative estimate of drug-likeness (QED) is 0.817. The van der Waals surface area contributed by atoms with Crippen LogP contribution < -0.4 is 4.74 Å². The highest BCUT2D eigenvalue weighted by atomic mass is 32.2. The molecule has 0 spiro atoms. The van der Waals surface area contributed by atoms with Crippen molar-refractivity contribution in [3.8, 4) is 5.75 Å². The molecule has 0 N–H and O–H groups in total. The fraction of sp³-hybridized carbons (Fsp3) is 0.357. The number of aryl methyl sites for hydroxylation is 1. The van der Waals surface area contributed by atoms with Crippen molar-refractivity contribution in [1.29, 1.82) is 0 Å². The molecule has 0 amide bonds. The highest BCUT2D eigenvalue weighted by molar-refractivity contribution is 7.89. The first kappa shape index (κ1) is 15.9. The van der Waals surface area contributed by atoms with Crippen LogP contribution in [0.25, 0.3) is 0 Å². The molecule has 1 heterocycles. The van der Waals surface area contributed by atoms with Crippen molar-refractivity contribution in [2.24, 2.45) is 0 Å². The molecule has 114 valence electrons. The number of ether oxygens (including phenoxy) is 1. The highest BCUT2D eigenvalue weighted by Crippen LogP contribution is 2.20. The summed E-state index contributed by atoms with van der Waals surface area (Å²) in [6.45, 7) is 1.97. The van der Waals surface area contributed by atoms with Crippen LogP contribution in [0, 0.1) is 5.82 Å². The van der Waals surface area contributed by atoms with Crippen LogP contribution in [-0.4, -0.2) is 20.5 Å². The maximum atomic E-state index is 13.6. The molecule has 0 radical (unpaired) electrons. The lowest BCUT2D eigenvalue weighted by Gasteiger charge is -2.06. The summed E-state index contributed by atoms with van der Waals surface area (Å²) in [7, 11) is -2.02. The van der Waals surface area contributed by atoms with Gasteiger partial charge in [0.15, 0.2) is 21.4 Å². The Kier molecular flexibility index (Phi) is 4.95. The Morgan fingerprint density at radius 1 is 1.33 bits per heavy atom. The van der Waals surface area contributed by atoms with Crippen LogP contribution in [0.5, 0.6) is 5.75 Å². The van der Waals surface area contributed by atoms with Crippen molar-refractivity contribution in [1.82, 2.24) is 4.98 Å². The lowest BCUT2D eigenvalue weighted by molar-refractivity contribution is 0.386. The molecule has 0 atom stereocenters. The first-order valence-electron chi connectivity index (χ1n) is 6.39. The van der Waals surface area contributed by atoms with Gasteiger partial charge in [-0.3, -0.25) is 0 Å². The second-order valence-electron chi connectivity index (χ2n) is 4.59. The van der Waals surface area contributed by atoms with E-state index in [0.29, 0.717) is 11.3 Å². The Morgan fingerprint density at radius 3 is 2.67 bits per heavy atom. The Bertz CT molecular complexity index is 726. The molecule has 0 unspecified atom stereocenters. The molecule has 0 bridgehead atoms. The van der Waals surface area contributed by atoms with E-state index in [4.69, 9.17) is 4.74 Å². The Balaban J connectivity index is 2.11. The van der Waals surface area contributed by atoms with Gasteiger partial charge in [0.25, 0.3) is 0 Å². The molecule has 2 aromatic rings. The highest BCUT2D eigenvalue weighted by Gasteiger charge is 2.16. The number of aromatic nitrogens is 1. The fourth-order valence-corrected chi connectivity index (χ4v) is 4.15. The van der Waals surface area contributed by atoms with Gasteiger partial charge >= 0.3 is 0 Å². The fourth-order valence-electron chi connectivity index (χ4n) is 1.91. The molecule has 2 rings (SSSR count). The molecule has 0 fully saturated rings. The van der Waals surface area contributed by atoms with E-state index >= 15 is 0 Å². The Labute approximate surface area is 127 Å². The summed E-state index contributed by atoms with van der Waals surface area (Å²) in [6.07, 6.45) is 0.786. The van der Waals surface area contributed by atoms with Crippen molar-refractivity contribution in [2.45, 2.75) is 24.9 Å². The van der Waals surface area contributed by atoms with Gasteiger partial charge in [-0.05, 0) is 24.1 Å². The van der Waals surface area contributed by atoms with Gasteiger partial charge in [-0.15, -0.1) is 11.3 Å². The molecular weight excluding hydrogens is 313 g/mol. The Morgan fingerprint density at radius 2 is 2.10 bits per heavy atom. The second-order valence-corrected chi connectivity index (χ2v) is 7.59. The first-order valence-corrected chi connectivity index (χ1v) is 9.09. The predicted molar refractivity (Wildman–Crippen MR) is 80.8 cm³/mol. The third kappa shape index (κ3) is 4.25. The zero-order chi connectivity index (χ0) is 15.5. The number of halogens is 1. The summed E-state index contributed by atoms with van der Waals surface area (Å²) in [5.74, 6) is -0.806. The molecule has 21 heavy (non-hydrogen) atoms. The van der Waals surface area contributed by atoms with Crippen molar-refractivity contribution in [3.05, 3.63) is 45.7 Å². The van der Waals surface area contributed by atoms with Gasteiger partial charge in [-0.1, -0.05) is 13.0 Å². The molecular formula is C14H16FNO3S2. The maximum absolute atomic E-state index is 13.6. The van der Waals surface area contributed by atoms with Gasteiger partial charge in [-0.2, -0.15) is 0 Å². The smallest absolute Gasteiger partial charge is 0.165 e. The monoisotopic (exact) mass is 329 g/mol. The molecule has 0 aliphatic heterocycles. The maximum Gasteiger partial charge on any atom is 0.165 e. The average Bonchev–Trinajstić information content (AvgIpc) is 2.85. The summed E-state index contributed by atoms with van der Waals surface area (Å²) >= 11 is 1.45. The number of methoxy groups -OCH3 is 1. The predicted octanol–water partition coefficient (Wildman–Crippen LogP) is 2.97. The van der Waals surface area contributed by atoms with Gasteiger partial charge in [0.2, 0.25) is 0 Å². The average molecular weight is 329 g/mol. The molecule has 1 aromatic carbocycles. The lowest BCUT2D eigenvalue weighted by atomic mass is 10.2. The van der Waals surface area contributed by atoms with E-state index in [2.05, 4.69) is 4.98 Å². The van der Waals surface area contributed by atoms with E-state index in [9.17, 15) is 12.8 Å². The minimum absolute atomic E-state index is 0.100. The van der Waals surface area contributed by atoms with Crippen molar-refractivity contribution >= 4 is 21.2 Å². The van der Waals surface area contributed by atoms with E-state index in [0.717, 1.165) is 11.4 Å². The number of thiazole rings is 1. The number of nitrogens with zero attached hydrogens (tertiary/aromatic N) is 1. The van der Waals surface area contributed by atoms with Gasteiger partial charge in [0.05, 0.1) is 29.3 Å². The third-order valence-corrected chi connectivity index (χ3v) is 5.42. The van der Waals surface area contributed by atoms with Gasteiger partial charge < -0.3 is 4.74 Å². The van der Waals surface area contributed by atoms with Gasteiger partial charge in [-0.25, -0.2) is 17.8 Å². The number of hydrogen-bond acceptors (Lipinski definition) is 5. The zero-order valence-electron chi connectivity index (χ0n) is 11.8. The summed E-state index contributed by atoms with van der Waals surface area (Å²) in [5, 5.41) is 2.67. The largest absolute Gasteiger partial charge is 0.494 e. The molecule has 0 saturated heterocycles. The standard InChI is InChI=1S/C14H16FNO3S2/c1-3-14-16-11(7-20-14)9-21(17,18)8-10-4-5-13(19-2)12(15)6-10/h4-7H,3,8-9H2,1-2H3. The van der Waals surface area contributed by atoms with Crippen LogP contribution in [0.4, 0.5) is 4.39 Å². The van der Waals surface area contributed by atoms with Crippen LogP contribution in [0.1, 0.15) is 23.2 Å². The summed E-state index contributed by atoms with van der Waals surface area (Å²) in [5.41, 5.74) is 0.949. The van der Waals surface area contributed by atoms with E-state index in [1.807, 2.05) is 6.92 Å². The second kappa shape index (κ2) is 6.53. The first-order chi connectivity index (χ1) is 9.93. The summed E-state index contributed by atoms with van der Waals surface area (Å²) < 4.78 is 42.7. The number of sulfone groups is 1. The van der Waals surface area contributed by atoms with E-state index in [1.165, 1.54) is 30.6 Å². The lowest BCUT2D eigenvalue weighted by Crippen LogP contribution is -2.08. The minimum atomic E-state index is -3.38. The van der Waals surface area contributed by atoms with Gasteiger partial charge in [0.1, 0.15) is 0 Å². The van der Waals surface area contributed by atoms with E-state index in [1.54, 1.807) is 11.4 Å². The minimum Gasteiger partial charge on any atom is -0.494 e. The molecule has 0 aliphatic carbocycles. The topological polar surface area (TPSA) is 56.3 Å². The third-order valence-electron chi connectivity index (χ3n) is 2.87. The Hall–Kier alpha value is -1.47. The molecule has 1 aromatic heterocycles. The summed E-state index contributed by atoms with van der Waals surface area (Å²) in [4.78, 5) is 4.25. The molecule has 4 nitrogen and oxygen atoms in total. The van der Waals surface area contributed by atoms with Crippen molar-refractivity contribution in [2.75, 3.05) is 7.11 Å². The van der Waals surface area contributed by atoms with Crippen LogP contribution >= 0.6 is 11.3 Å². The van der Waals surface area contributed by atoms with Crippen LogP contribution in [0.2, 0.25) is 0 Å². The van der Waals surface area contributed by atoms with Crippen LogP contribution in [0.3, 0.4) is 0 Å². The molecule has 7 heteroatoms. The van der Waals surface area contributed by atoms with Gasteiger partial charge in [0, 0.05) is 5.38 Å². The molecule has 0 aliphatic rings. The number of benzene rings is 1. The van der Waals surface area contributed by atoms with E-state index in [-0.39, 0.29) is 17.3 Å². The van der Waals surface area contributed by atoms with Crippen molar-refractivity contribution in [3.63, 3.8) is 0 Å². The normalized spacial score (nSPS) is 11.6. The van der Waals surface area contributed by atoms with Crippen LogP contribution in [-0.2, 0) is 27.8 Å². The molecule has 0 saturated carbocycles.